The zero-order valence-electron chi connectivity index (χ0n) is 26.4. The Morgan fingerprint density at radius 2 is 0.766 bits per heavy atom. The molecule has 2 heterocycles. The van der Waals surface area contributed by atoms with Crippen molar-refractivity contribution in [3.8, 4) is 33.6 Å². The van der Waals surface area contributed by atoms with E-state index in [0.717, 1.165) is 0 Å². The molecule has 0 N–H and O–H groups in total. The zero-order chi connectivity index (χ0) is 31.3. The third-order valence-corrected chi connectivity index (χ3v) is 10.5. The minimum absolute atomic E-state index is 0.0793. The van der Waals surface area contributed by atoms with E-state index in [0.29, 0.717) is 0 Å². The van der Waals surface area contributed by atoms with E-state index in [2.05, 4.69) is 181 Å². The van der Waals surface area contributed by atoms with Crippen LogP contribution in [0.15, 0.2) is 158 Å². The van der Waals surface area contributed by atoms with Gasteiger partial charge in [0.15, 0.2) is 0 Å². The molecule has 2 nitrogen and oxygen atoms in total. The van der Waals surface area contributed by atoms with E-state index in [4.69, 9.17) is 0 Å². The highest BCUT2D eigenvalue weighted by Crippen LogP contribution is 2.51. The molecular weight excluding hydrogens is 569 g/mol. The molecular formula is C45H32N2. The van der Waals surface area contributed by atoms with Crippen LogP contribution in [0.5, 0.6) is 0 Å². The SMILES string of the molecule is CC1(C)c2ccccc2-c2cc3c4ccccc4n(-c4ccccc4-c4ccccc4-n4c5ccccc5c5ccccc54)c3cc21. The van der Waals surface area contributed by atoms with Crippen LogP contribution in [0.2, 0.25) is 0 Å². The zero-order valence-corrected chi connectivity index (χ0v) is 26.4. The minimum Gasteiger partial charge on any atom is -0.309 e. The summed E-state index contributed by atoms with van der Waals surface area (Å²) in [6, 6.07) is 58.1. The average Bonchev–Trinajstić information content (AvgIpc) is 3.71. The van der Waals surface area contributed by atoms with Gasteiger partial charge in [-0.3, -0.25) is 0 Å². The lowest BCUT2D eigenvalue weighted by molar-refractivity contribution is 0.661. The lowest BCUT2D eigenvalue weighted by Gasteiger charge is -2.22. The summed E-state index contributed by atoms with van der Waals surface area (Å²) in [5, 5.41) is 5.10. The van der Waals surface area contributed by atoms with Crippen molar-refractivity contribution in [2.75, 3.05) is 0 Å². The second-order valence-electron chi connectivity index (χ2n) is 13.3. The van der Waals surface area contributed by atoms with Crippen LogP contribution in [0.25, 0.3) is 77.2 Å². The van der Waals surface area contributed by atoms with Gasteiger partial charge in [0.2, 0.25) is 0 Å². The van der Waals surface area contributed by atoms with Gasteiger partial charge in [0.25, 0.3) is 0 Å². The molecule has 0 unspecified atom stereocenters. The lowest BCUT2D eigenvalue weighted by atomic mass is 9.82. The Labute approximate surface area is 273 Å². The molecule has 0 radical (unpaired) electrons. The Morgan fingerprint density at radius 3 is 1.34 bits per heavy atom. The maximum absolute atomic E-state index is 2.50. The number of fused-ring (bicyclic) bond motifs is 9. The largest absolute Gasteiger partial charge is 0.309 e. The molecule has 2 aromatic heterocycles. The molecule has 10 rings (SSSR count). The molecule has 9 aromatic rings. The maximum Gasteiger partial charge on any atom is 0.0544 e. The van der Waals surface area contributed by atoms with Crippen LogP contribution in [0.3, 0.4) is 0 Å². The van der Waals surface area contributed by atoms with Gasteiger partial charge in [-0.25, -0.2) is 0 Å². The van der Waals surface area contributed by atoms with Gasteiger partial charge in [-0.15, -0.1) is 0 Å². The quantitative estimate of drug-likeness (QED) is 0.191. The smallest absolute Gasteiger partial charge is 0.0544 e. The van der Waals surface area contributed by atoms with Gasteiger partial charge in [0.1, 0.15) is 0 Å². The first-order chi connectivity index (χ1) is 23.1. The van der Waals surface area contributed by atoms with Crippen molar-refractivity contribution in [3.05, 3.63) is 169 Å². The van der Waals surface area contributed by atoms with Crippen LogP contribution in [0, 0.1) is 0 Å². The molecule has 0 aliphatic heterocycles. The number of rotatable bonds is 3. The molecule has 0 spiro atoms. The van der Waals surface area contributed by atoms with Crippen molar-refractivity contribution in [1.82, 2.24) is 9.13 Å². The topological polar surface area (TPSA) is 9.86 Å². The Kier molecular flexibility index (Phi) is 5.37. The molecule has 0 fully saturated rings. The first-order valence-corrected chi connectivity index (χ1v) is 16.5. The van der Waals surface area contributed by atoms with Crippen LogP contribution in [-0.2, 0) is 5.41 Å². The van der Waals surface area contributed by atoms with Crippen molar-refractivity contribution in [2.24, 2.45) is 0 Å². The van der Waals surface area contributed by atoms with Gasteiger partial charge in [-0.05, 0) is 64.7 Å². The molecule has 0 saturated carbocycles. The van der Waals surface area contributed by atoms with Gasteiger partial charge >= 0.3 is 0 Å². The molecule has 0 saturated heterocycles. The summed E-state index contributed by atoms with van der Waals surface area (Å²) >= 11 is 0. The Balaban J connectivity index is 1.28. The normalized spacial score (nSPS) is 13.5. The lowest BCUT2D eigenvalue weighted by Crippen LogP contribution is -2.15. The van der Waals surface area contributed by atoms with E-state index < -0.39 is 0 Å². The predicted molar refractivity (Wildman–Crippen MR) is 198 cm³/mol. The molecule has 2 heteroatoms. The number of para-hydroxylation sites is 5. The molecule has 1 aliphatic carbocycles. The van der Waals surface area contributed by atoms with E-state index in [1.807, 2.05) is 0 Å². The second kappa shape index (κ2) is 9.57. The van der Waals surface area contributed by atoms with E-state index >= 15 is 0 Å². The number of benzene rings is 7. The highest BCUT2D eigenvalue weighted by Gasteiger charge is 2.36. The van der Waals surface area contributed by atoms with Gasteiger partial charge in [-0.2, -0.15) is 0 Å². The van der Waals surface area contributed by atoms with Crippen LogP contribution in [-0.4, -0.2) is 9.13 Å². The molecule has 0 amide bonds. The molecule has 0 bridgehead atoms. The van der Waals surface area contributed by atoms with E-state index in [1.54, 1.807) is 0 Å². The summed E-state index contributed by atoms with van der Waals surface area (Å²) < 4.78 is 4.94. The number of hydrogen-bond donors (Lipinski definition) is 0. The molecule has 47 heavy (non-hydrogen) atoms. The summed E-state index contributed by atoms with van der Waals surface area (Å²) in [5.74, 6) is 0. The van der Waals surface area contributed by atoms with Crippen LogP contribution in [0.1, 0.15) is 25.0 Å². The summed E-state index contributed by atoms with van der Waals surface area (Å²) in [5.41, 5.74) is 15.1. The fourth-order valence-electron chi connectivity index (χ4n) is 8.40. The first kappa shape index (κ1) is 26.4. The minimum atomic E-state index is -0.0793. The predicted octanol–water partition coefficient (Wildman–Crippen LogP) is 11.9. The fraction of sp³-hybridized carbons (Fsp3) is 0.0667. The standard InChI is InChI=1S/C45H32N2/c1-45(2)37-21-9-3-15-29(37)35-27-36-34-20-8-14-26-43(34)47(44(36)28-38(35)45)42-25-13-7-19-33(42)32-18-6-12-24-41(32)46-39-22-10-4-16-30(39)31-17-5-11-23-40(31)46/h3-28H,1-2H3. The summed E-state index contributed by atoms with van der Waals surface area (Å²) in [6.45, 7) is 4.73. The Hall–Kier alpha value is -5.86. The van der Waals surface area contributed by atoms with Gasteiger partial charge in [0, 0.05) is 38.1 Å². The highest BCUT2D eigenvalue weighted by atomic mass is 15.0. The summed E-state index contributed by atoms with van der Waals surface area (Å²) in [4.78, 5) is 0. The summed E-state index contributed by atoms with van der Waals surface area (Å²) in [7, 11) is 0. The average molecular weight is 601 g/mol. The van der Waals surface area contributed by atoms with E-state index in [9.17, 15) is 0 Å². The number of hydrogen-bond acceptors (Lipinski definition) is 0. The van der Waals surface area contributed by atoms with E-state index in [1.165, 1.54) is 88.4 Å². The molecule has 7 aromatic carbocycles. The summed E-state index contributed by atoms with van der Waals surface area (Å²) in [6.07, 6.45) is 0. The molecule has 1 aliphatic rings. The monoisotopic (exact) mass is 600 g/mol. The van der Waals surface area contributed by atoms with Crippen LogP contribution < -0.4 is 0 Å². The van der Waals surface area contributed by atoms with Crippen molar-refractivity contribution >= 4 is 43.6 Å². The Morgan fingerprint density at radius 1 is 0.340 bits per heavy atom. The van der Waals surface area contributed by atoms with Gasteiger partial charge in [-0.1, -0.05) is 129 Å². The molecule has 0 atom stereocenters. The first-order valence-electron chi connectivity index (χ1n) is 16.5. The number of nitrogens with zero attached hydrogens (tertiary/aromatic N) is 2. The van der Waals surface area contributed by atoms with Crippen LogP contribution in [0.4, 0.5) is 0 Å². The second-order valence-corrected chi connectivity index (χ2v) is 13.3. The van der Waals surface area contributed by atoms with E-state index in [-0.39, 0.29) is 5.41 Å². The van der Waals surface area contributed by atoms with Crippen LogP contribution >= 0.6 is 0 Å². The molecule has 222 valence electrons. The third kappa shape index (κ3) is 3.56. The van der Waals surface area contributed by atoms with Crippen molar-refractivity contribution in [1.29, 1.82) is 0 Å². The fourth-order valence-corrected chi connectivity index (χ4v) is 8.40. The van der Waals surface area contributed by atoms with Gasteiger partial charge in [0.05, 0.1) is 33.4 Å². The Bertz CT molecular complexity index is 2660. The maximum atomic E-state index is 2.50. The van der Waals surface area contributed by atoms with Gasteiger partial charge < -0.3 is 9.13 Å². The third-order valence-electron chi connectivity index (χ3n) is 10.5. The number of aromatic nitrogens is 2. The van der Waals surface area contributed by atoms with Crippen molar-refractivity contribution in [2.45, 2.75) is 19.3 Å². The van der Waals surface area contributed by atoms with Crippen molar-refractivity contribution < 1.29 is 0 Å². The highest BCUT2D eigenvalue weighted by molar-refractivity contribution is 6.13. The van der Waals surface area contributed by atoms with Crippen molar-refractivity contribution in [3.63, 3.8) is 0 Å².